The van der Waals surface area contributed by atoms with Crippen LogP contribution in [0.4, 0.5) is 0 Å². The highest BCUT2D eigenvalue weighted by Crippen LogP contribution is 2.54. The Morgan fingerprint density at radius 2 is 1.88 bits per heavy atom. The van der Waals surface area contributed by atoms with Crippen molar-refractivity contribution in [2.75, 3.05) is 0 Å². The van der Waals surface area contributed by atoms with Crippen molar-refractivity contribution in [1.82, 2.24) is 0 Å². The van der Waals surface area contributed by atoms with E-state index in [2.05, 4.69) is 26.0 Å². The Bertz CT molecular complexity index is 494. The molecule has 88 valence electrons. The molecule has 1 nitrogen and oxygen atoms in total. The quantitative estimate of drug-likeness (QED) is 0.711. The Hall–Kier alpha value is -1.37. The van der Waals surface area contributed by atoms with Gasteiger partial charge in [-0.1, -0.05) is 49.8 Å². The van der Waals surface area contributed by atoms with Crippen LogP contribution in [0.15, 0.2) is 35.9 Å². The lowest BCUT2D eigenvalue weighted by Crippen LogP contribution is -2.17. The summed E-state index contributed by atoms with van der Waals surface area (Å²) in [4.78, 5) is 12.2. The Morgan fingerprint density at radius 3 is 2.59 bits per heavy atom. The summed E-state index contributed by atoms with van der Waals surface area (Å²) in [6, 6.07) is 10.2. The van der Waals surface area contributed by atoms with Crippen LogP contribution in [0.1, 0.15) is 38.7 Å². The van der Waals surface area contributed by atoms with Gasteiger partial charge in [-0.2, -0.15) is 0 Å². The summed E-state index contributed by atoms with van der Waals surface area (Å²) < 4.78 is 0. The molecule has 2 aliphatic rings. The predicted octanol–water partition coefficient (Wildman–Crippen LogP) is 3.85. The minimum atomic E-state index is 0.307. The molecular formula is C16H18O. The molecule has 1 atom stereocenters. The maximum atomic E-state index is 12.2. The minimum absolute atomic E-state index is 0.307. The summed E-state index contributed by atoms with van der Waals surface area (Å²) >= 11 is 0. The number of hydrogen-bond acceptors (Lipinski definition) is 1. The molecule has 1 aromatic carbocycles. The largest absolute Gasteiger partial charge is 0.294 e. The van der Waals surface area contributed by atoms with Crippen LogP contribution in [-0.4, -0.2) is 5.78 Å². The molecule has 0 heterocycles. The summed E-state index contributed by atoms with van der Waals surface area (Å²) in [5.41, 5.74) is 3.88. The first-order valence-electron chi connectivity index (χ1n) is 6.41. The highest BCUT2D eigenvalue weighted by molar-refractivity contribution is 6.24. The van der Waals surface area contributed by atoms with E-state index in [1.165, 1.54) is 12.0 Å². The van der Waals surface area contributed by atoms with Gasteiger partial charge in [-0.3, -0.25) is 4.79 Å². The van der Waals surface area contributed by atoms with Crippen LogP contribution >= 0.6 is 0 Å². The third-order valence-corrected chi connectivity index (χ3v) is 4.45. The summed E-state index contributed by atoms with van der Waals surface area (Å²) in [6.45, 7) is 4.60. The maximum Gasteiger partial charge on any atom is 0.164 e. The van der Waals surface area contributed by atoms with Gasteiger partial charge >= 0.3 is 0 Å². The fourth-order valence-corrected chi connectivity index (χ4v) is 3.39. The van der Waals surface area contributed by atoms with Crippen molar-refractivity contribution in [3.63, 3.8) is 0 Å². The van der Waals surface area contributed by atoms with Crippen molar-refractivity contribution in [3.05, 3.63) is 41.5 Å². The molecule has 0 N–H and O–H groups in total. The van der Waals surface area contributed by atoms with Crippen LogP contribution in [0.5, 0.6) is 0 Å². The van der Waals surface area contributed by atoms with Gasteiger partial charge in [0.05, 0.1) is 0 Å². The normalized spacial score (nSPS) is 26.5. The third kappa shape index (κ3) is 1.56. The fourth-order valence-electron chi connectivity index (χ4n) is 3.39. The highest BCUT2D eigenvalue weighted by Gasteiger charge is 2.45. The number of carbonyl (C=O) groups is 1. The second kappa shape index (κ2) is 3.56. The average molecular weight is 226 g/mol. The Kier molecular flexibility index (Phi) is 2.25. The van der Waals surface area contributed by atoms with Crippen LogP contribution in [-0.2, 0) is 4.79 Å². The standard InChI is InChI=1S/C16H18O/c1-16(2)9-8-12-13(16)10-14(17)15(12)11-6-4-3-5-7-11/h3-7,13H,8-10H2,1-2H3/t13-/m1/s1. The van der Waals surface area contributed by atoms with Gasteiger partial charge in [-0.05, 0) is 29.7 Å². The van der Waals surface area contributed by atoms with E-state index in [-0.39, 0.29) is 0 Å². The molecule has 0 amide bonds. The van der Waals surface area contributed by atoms with Crippen molar-refractivity contribution in [1.29, 1.82) is 0 Å². The monoisotopic (exact) mass is 226 g/mol. The lowest BCUT2D eigenvalue weighted by atomic mass is 9.80. The van der Waals surface area contributed by atoms with Crippen LogP contribution in [0.2, 0.25) is 0 Å². The van der Waals surface area contributed by atoms with E-state index in [0.717, 1.165) is 24.0 Å². The molecule has 3 rings (SSSR count). The topological polar surface area (TPSA) is 17.1 Å². The molecule has 0 aromatic heterocycles. The fraction of sp³-hybridized carbons (Fsp3) is 0.438. The number of carbonyl (C=O) groups excluding carboxylic acids is 1. The molecular weight excluding hydrogens is 208 g/mol. The second-order valence-corrected chi connectivity index (χ2v) is 5.93. The lowest BCUT2D eigenvalue weighted by Gasteiger charge is -2.23. The average Bonchev–Trinajstić information content (AvgIpc) is 2.78. The molecule has 0 spiro atoms. The number of Topliss-reactive ketones (excluding diaryl/α,β-unsaturated/α-hetero) is 1. The smallest absolute Gasteiger partial charge is 0.164 e. The summed E-state index contributed by atoms with van der Waals surface area (Å²) in [7, 11) is 0. The van der Waals surface area contributed by atoms with Crippen LogP contribution in [0.25, 0.3) is 5.57 Å². The molecule has 17 heavy (non-hydrogen) atoms. The third-order valence-electron chi connectivity index (χ3n) is 4.45. The second-order valence-electron chi connectivity index (χ2n) is 5.93. The van der Waals surface area contributed by atoms with E-state index < -0.39 is 0 Å². The zero-order valence-electron chi connectivity index (χ0n) is 10.5. The summed E-state index contributed by atoms with van der Waals surface area (Å²) in [6.07, 6.45) is 3.05. The van der Waals surface area contributed by atoms with E-state index in [1.54, 1.807) is 0 Å². The number of ketones is 1. The molecule has 0 bridgehead atoms. The van der Waals surface area contributed by atoms with Crippen molar-refractivity contribution in [3.8, 4) is 0 Å². The number of benzene rings is 1. The number of fused-ring (bicyclic) bond motifs is 1. The van der Waals surface area contributed by atoms with Crippen LogP contribution in [0, 0.1) is 11.3 Å². The van der Waals surface area contributed by atoms with Crippen molar-refractivity contribution in [2.24, 2.45) is 11.3 Å². The van der Waals surface area contributed by atoms with Crippen molar-refractivity contribution >= 4 is 11.4 Å². The molecule has 1 fully saturated rings. The van der Waals surface area contributed by atoms with Gasteiger partial charge in [-0.25, -0.2) is 0 Å². The molecule has 0 radical (unpaired) electrons. The van der Waals surface area contributed by atoms with Gasteiger partial charge in [0.25, 0.3) is 0 Å². The first-order chi connectivity index (χ1) is 8.09. The molecule has 0 aliphatic heterocycles. The highest BCUT2D eigenvalue weighted by atomic mass is 16.1. The molecule has 0 unspecified atom stereocenters. The molecule has 1 saturated carbocycles. The van der Waals surface area contributed by atoms with E-state index in [0.29, 0.717) is 17.1 Å². The Balaban J connectivity index is 2.11. The predicted molar refractivity (Wildman–Crippen MR) is 69.5 cm³/mol. The van der Waals surface area contributed by atoms with E-state index in [1.807, 2.05) is 18.2 Å². The first-order valence-corrected chi connectivity index (χ1v) is 6.41. The van der Waals surface area contributed by atoms with Crippen LogP contribution in [0.3, 0.4) is 0 Å². The van der Waals surface area contributed by atoms with Crippen molar-refractivity contribution < 1.29 is 4.79 Å². The SMILES string of the molecule is CC1(C)CCC2=C(c3ccccc3)C(=O)C[C@H]21. The summed E-state index contributed by atoms with van der Waals surface area (Å²) in [5.74, 6) is 0.842. The van der Waals surface area contributed by atoms with Gasteiger partial charge in [0, 0.05) is 12.0 Å². The van der Waals surface area contributed by atoms with Gasteiger partial charge in [-0.15, -0.1) is 0 Å². The molecule has 1 heteroatoms. The number of allylic oxidation sites excluding steroid dienone is 2. The van der Waals surface area contributed by atoms with E-state index in [4.69, 9.17) is 0 Å². The number of hydrogen-bond donors (Lipinski definition) is 0. The zero-order valence-corrected chi connectivity index (χ0v) is 10.5. The molecule has 2 aliphatic carbocycles. The minimum Gasteiger partial charge on any atom is -0.294 e. The molecule has 0 saturated heterocycles. The van der Waals surface area contributed by atoms with E-state index in [9.17, 15) is 4.79 Å². The zero-order chi connectivity index (χ0) is 12.0. The summed E-state index contributed by atoms with van der Waals surface area (Å²) in [5, 5.41) is 0. The van der Waals surface area contributed by atoms with Gasteiger partial charge in [0.2, 0.25) is 0 Å². The molecule has 1 aromatic rings. The van der Waals surface area contributed by atoms with Gasteiger partial charge in [0.15, 0.2) is 5.78 Å². The Morgan fingerprint density at radius 1 is 1.18 bits per heavy atom. The van der Waals surface area contributed by atoms with Crippen LogP contribution < -0.4 is 0 Å². The van der Waals surface area contributed by atoms with E-state index >= 15 is 0 Å². The van der Waals surface area contributed by atoms with Gasteiger partial charge in [0.1, 0.15) is 0 Å². The van der Waals surface area contributed by atoms with Gasteiger partial charge < -0.3 is 0 Å². The Labute approximate surface area is 103 Å². The number of rotatable bonds is 1. The van der Waals surface area contributed by atoms with Crippen molar-refractivity contribution in [2.45, 2.75) is 33.1 Å². The lowest BCUT2D eigenvalue weighted by molar-refractivity contribution is -0.114. The maximum absolute atomic E-state index is 12.2. The first kappa shape index (κ1) is 10.8.